The van der Waals surface area contributed by atoms with E-state index in [2.05, 4.69) is 61.6 Å². The Bertz CT molecular complexity index is 508. The standard InChI is InChI=1S/C20H26O/c1-3-4-5-6-8-11-17-14-19(16-20(15-17)21-2)18-12-9-7-10-13-18/h7-13,15-16,19H,3-6,14H2,1-2H3. The van der Waals surface area contributed by atoms with E-state index in [0.717, 1.165) is 12.2 Å². The second kappa shape index (κ2) is 8.51. The van der Waals surface area contributed by atoms with Crippen molar-refractivity contribution in [3.63, 3.8) is 0 Å². The molecule has 1 aromatic rings. The van der Waals surface area contributed by atoms with Crippen LogP contribution in [-0.2, 0) is 4.74 Å². The van der Waals surface area contributed by atoms with E-state index in [9.17, 15) is 0 Å². The molecule has 0 spiro atoms. The van der Waals surface area contributed by atoms with E-state index in [0.29, 0.717) is 5.92 Å². The minimum Gasteiger partial charge on any atom is -0.497 e. The van der Waals surface area contributed by atoms with Crippen molar-refractivity contribution in [1.29, 1.82) is 0 Å². The Labute approximate surface area is 129 Å². The molecule has 112 valence electrons. The van der Waals surface area contributed by atoms with Crippen LogP contribution in [0.2, 0.25) is 0 Å². The van der Waals surface area contributed by atoms with E-state index in [1.54, 1.807) is 7.11 Å². The zero-order valence-corrected chi connectivity index (χ0v) is 13.2. The summed E-state index contributed by atoms with van der Waals surface area (Å²) in [6.45, 7) is 2.24. The van der Waals surface area contributed by atoms with E-state index < -0.39 is 0 Å². The van der Waals surface area contributed by atoms with E-state index >= 15 is 0 Å². The Balaban J connectivity index is 2.02. The van der Waals surface area contributed by atoms with Gasteiger partial charge in [0.1, 0.15) is 5.76 Å². The third-order valence-electron chi connectivity index (χ3n) is 3.92. The van der Waals surface area contributed by atoms with Gasteiger partial charge in [0.2, 0.25) is 0 Å². The van der Waals surface area contributed by atoms with Crippen LogP contribution in [0.1, 0.15) is 50.5 Å². The van der Waals surface area contributed by atoms with E-state index in [4.69, 9.17) is 4.74 Å². The lowest BCUT2D eigenvalue weighted by atomic mass is 9.87. The summed E-state index contributed by atoms with van der Waals surface area (Å²) in [6.07, 6.45) is 15.1. The van der Waals surface area contributed by atoms with Crippen LogP contribution in [0.15, 0.2) is 66.0 Å². The highest BCUT2D eigenvalue weighted by atomic mass is 16.5. The van der Waals surface area contributed by atoms with Crippen LogP contribution >= 0.6 is 0 Å². The molecule has 1 heteroatoms. The van der Waals surface area contributed by atoms with Gasteiger partial charge in [-0.1, -0.05) is 62.2 Å². The van der Waals surface area contributed by atoms with Gasteiger partial charge >= 0.3 is 0 Å². The van der Waals surface area contributed by atoms with Gasteiger partial charge in [-0.15, -0.1) is 0 Å². The molecule has 1 nitrogen and oxygen atoms in total. The van der Waals surface area contributed by atoms with Crippen LogP contribution in [-0.4, -0.2) is 7.11 Å². The molecule has 1 aromatic carbocycles. The van der Waals surface area contributed by atoms with Crippen molar-refractivity contribution >= 4 is 0 Å². The molecule has 1 unspecified atom stereocenters. The minimum atomic E-state index is 0.418. The Kier molecular flexibility index (Phi) is 6.33. The molecule has 0 aliphatic heterocycles. The first kappa shape index (κ1) is 15.6. The van der Waals surface area contributed by atoms with Crippen molar-refractivity contribution in [3.05, 3.63) is 71.5 Å². The van der Waals surface area contributed by atoms with Crippen LogP contribution in [0.4, 0.5) is 0 Å². The van der Waals surface area contributed by atoms with Crippen molar-refractivity contribution in [2.45, 2.75) is 44.9 Å². The van der Waals surface area contributed by atoms with Crippen molar-refractivity contribution in [1.82, 2.24) is 0 Å². The first-order valence-electron chi connectivity index (χ1n) is 8.01. The van der Waals surface area contributed by atoms with Crippen LogP contribution in [0.3, 0.4) is 0 Å². The molecule has 1 aliphatic carbocycles. The highest BCUT2D eigenvalue weighted by Crippen LogP contribution is 2.31. The lowest BCUT2D eigenvalue weighted by Crippen LogP contribution is -2.04. The molecule has 1 atom stereocenters. The van der Waals surface area contributed by atoms with Crippen molar-refractivity contribution in [3.8, 4) is 0 Å². The summed E-state index contributed by atoms with van der Waals surface area (Å²) in [6, 6.07) is 10.7. The van der Waals surface area contributed by atoms with Crippen LogP contribution in [0.5, 0.6) is 0 Å². The molecule has 0 heterocycles. The van der Waals surface area contributed by atoms with Crippen LogP contribution in [0, 0.1) is 0 Å². The van der Waals surface area contributed by atoms with Gasteiger partial charge in [0.25, 0.3) is 0 Å². The number of ether oxygens (including phenoxy) is 1. The summed E-state index contributed by atoms with van der Waals surface area (Å²) in [5, 5.41) is 0. The SMILES string of the molecule is CCCCCC=CC1=CC(OC)=CC(c2ccccc2)C1. The molecule has 0 amide bonds. The molecule has 21 heavy (non-hydrogen) atoms. The van der Waals surface area contributed by atoms with Crippen molar-refractivity contribution < 1.29 is 4.74 Å². The second-order valence-electron chi connectivity index (χ2n) is 5.61. The van der Waals surface area contributed by atoms with Crippen molar-refractivity contribution in [2.75, 3.05) is 7.11 Å². The smallest absolute Gasteiger partial charge is 0.115 e. The summed E-state index contributed by atoms with van der Waals surface area (Å²) < 4.78 is 5.47. The molecule has 0 fully saturated rings. The van der Waals surface area contributed by atoms with Gasteiger partial charge in [-0.2, -0.15) is 0 Å². The number of rotatable bonds is 7. The molecule has 0 aromatic heterocycles. The lowest BCUT2D eigenvalue weighted by molar-refractivity contribution is 0.301. The molecule has 0 bridgehead atoms. The fourth-order valence-corrected chi connectivity index (χ4v) is 2.71. The van der Waals surface area contributed by atoms with E-state index in [1.165, 1.54) is 36.8 Å². The van der Waals surface area contributed by atoms with Crippen LogP contribution < -0.4 is 0 Å². The quantitative estimate of drug-likeness (QED) is 0.577. The molecule has 0 N–H and O–H groups in total. The van der Waals surface area contributed by atoms with Gasteiger partial charge in [0.15, 0.2) is 0 Å². The predicted octanol–water partition coefficient (Wildman–Crippen LogP) is 5.77. The maximum absolute atomic E-state index is 5.47. The molecular formula is C20H26O. The summed E-state index contributed by atoms with van der Waals surface area (Å²) in [7, 11) is 1.75. The molecule has 0 radical (unpaired) electrons. The average molecular weight is 282 g/mol. The third kappa shape index (κ3) is 4.93. The zero-order valence-electron chi connectivity index (χ0n) is 13.2. The summed E-state index contributed by atoms with van der Waals surface area (Å²) in [5.41, 5.74) is 2.72. The largest absolute Gasteiger partial charge is 0.497 e. The lowest BCUT2D eigenvalue weighted by Gasteiger charge is -2.20. The normalized spacial score (nSPS) is 18.5. The fraction of sp³-hybridized carbons (Fsp3) is 0.400. The minimum absolute atomic E-state index is 0.418. The number of hydrogen-bond acceptors (Lipinski definition) is 1. The zero-order chi connectivity index (χ0) is 14.9. The van der Waals surface area contributed by atoms with E-state index in [-0.39, 0.29) is 0 Å². The van der Waals surface area contributed by atoms with Gasteiger partial charge < -0.3 is 4.74 Å². The maximum Gasteiger partial charge on any atom is 0.115 e. The second-order valence-corrected chi connectivity index (χ2v) is 5.61. The van der Waals surface area contributed by atoms with Crippen LogP contribution in [0.25, 0.3) is 0 Å². The molecule has 2 rings (SSSR count). The monoisotopic (exact) mass is 282 g/mol. The number of methoxy groups -OCH3 is 1. The van der Waals surface area contributed by atoms with Crippen molar-refractivity contribution in [2.24, 2.45) is 0 Å². The Hall–Kier alpha value is -1.76. The van der Waals surface area contributed by atoms with Gasteiger partial charge in [0.05, 0.1) is 7.11 Å². The predicted molar refractivity (Wildman–Crippen MR) is 90.3 cm³/mol. The number of allylic oxidation sites excluding steroid dienone is 5. The van der Waals surface area contributed by atoms with Gasteiger partial charge in [-0.25, -0.2) is 0 Å². The first-order valence-corrected chi connectivity index (χ1v) is 8.01. The summed E-state index contributed by atoms with van der Waals surface area (Å²) >= 11 is 0. The average Bonchev–Trinajstić information content (AvgIpc) is 2.55. The molecular weight excluding hydrogens is 256 g/mol. The molecule has 1 aliphatic rings. The molecule has 0 saturated heterocycles. The van der Waals surface area contributed by atoms with Gasteiger partial charge in [-0.05, 0) is 42.6 Å². The third-order valence-corrected chi connectivity index (χ3v) is 3.92. The summed E-state index contributed by atoms with van der Waals surface area (Å²) in [5.74, 6) is 1.39. The molecule has 0 saturated carbocycles. The number of hydrogen-bond donors (Lipinski definition) is 0. The Morgan fingerprint density at radius 1 is 1.19 bits per heavy atom. The number of unbranched alkanes of at least 4 members (excludes halogenated alkanes) is 3. The van der Waals surface area contributed by atoms with Gasteiger partial charge in [-0.3, -0.25) is 0 Å². The highest BCUT2D eigenvalue weighted by molar-refractivity contribution is 5.38. The fourth-order valence-electron chi connectivity index (χ4n) is 2.71. The number of benzene rings is 1. The summed E-state index contributed by atoms with van der Waals surface area (Å²) in [4.78, 5) is 0. The maximum atomic E-state index is 5.47. The Morgan fingerprint density at radius 2 is 2.00 bits per heavy atom. The highest BCUT2D eigenvalue weighted by Gasteiger charge is 2.16. The topological polar surface area (TPSA) is 9.23 Å². The van der Waals surface area contributed by atoms with E-state index in [1.807, 2.05) is 0 Å². The van der Waals surface area contributed by atoms with Gasteiger partial charge in [0, 0.05) is 5.92 Å². The first-order chi connectivity index (χ1) is 10.3. The Morgan fingerprint density at radius 3 is 2.71 bits per heavy atom.